The first-order valence-corrected chi connectivity index (χ1v) is 12.9. The molecule has 14 heteroatoms. The Morgan fingerprint density at radius 2 is 1.89 bits per heavy atom. The second-order valence-corrected chi connectivity index (χ2v) is 10.6. The van der Waals surface area contributed by atoms with Crippen LogP contribution in [0.5, 0.6) is 6.01 Å². The number of ether oxygens (including phenoxy) is 2. The first kappa shape index (κ1) is 25.1. The summed E-state index contributed by atoms with van der Waals surface area (Å²) >= 11 is 0. The van der Waals surface area contributed by atoms with Gasteiger partial charge in [0.2, 0.25) is 0 Å². The average molecular weight is 531 g/mol. The number of imidazole rings is 1. The van der Waals surface area contributed by atoms with Gasteiger partial charge in [0.05, 0.1) is 24.4 Å². The van der Waals surface area contributed by atoms with Gasteiger partial charge in [-0.2, -0.15) is 9.97 Å². The van der Waals surface area contributed by atoms with Crippen molar-refractivity contribution < 1.29 is 33.2 Å². The number of aryl methyl sites for hydroxylation is 1. The van der Waals surface area contributed by atoms with Crippen molar-refractivity contribution in [3.8, 4) is 6.01 Å². The predicted octanol–water partition coefficient (Wildman–Crippen LogP) is -0.0116. The highest BCUT2D eigenvalue weighted by molar-refractivity contribution is 7.90. The number of aliphatic hydroxyl groups is 3. The van der Waals surface area contributed by atoms with E-state index >= 15 is 0 Å². The summed E-state index contributed by atoms with van der Waals surface area (Å²) in [5.74, 6) is 0.0424. The molecule has 0 bridgehead atoms. The highest BCUT2D eigenvalue weighted by Crippen LogP contribution is 2.32. The highest BCUT2D eigenvalue weighted by atomic mass is 32.2. The molecule has 13 nitrogen and oxygen atoms in total. The zero-order valence-corrected chi connectivity index (χ0v) is 20.6. The van der Waals surface area contributed by atoms with E-state index in [0.29, 0.717) is 6.42 Å². The molecule has 4 heterocycles. The van der Waals surface area contributed by atoms with Gasteiger partial charge in [-0.05, 0) is 30.7 Å². The molecular formula is C23H26N6O7S. The maximum absolute atomic E-state index is 12.8. The minimum Gasteiger partial charge on any atom is -0.463 e. The van der Waals surface area contributed by atoms with E-state index in [1.165, 1.54) is 23.3 Å². The van der Waals surface area contributed by atoms with Crippen LogP contribution in [0.25, 0.3) is 11.2 Å². The van der Waals surface area contributed by atoms with Crippen LogP contribution in [0.3, 0.4) is 0 Å². The van der Waals surface area contributed by atoms with Crippen molar-refractivity contribution in [3.05, 3.63) is 60.2 Å². The van der Waals surface area contributed by atoms with Crippen molar-refractivity contribution in [1.82, 2.24) is 23.5 Å². The molecule has 4 atom stereocenters. The van der Waals surface area contributed by atoms with E-state index < -0.39 is 41.2 Å². The third kappa shape index (κ3) is 4.65. The molecule has 1 fully saturated rings. The molecule has 196 valence electrons. The van der Waals surface area contributed by atoms with Gasteiger partial charge in [0.25, 0.3) is 10.0 Å². The molecule has 3 aromatic heterocycles. The van der Waals surface area contributed by atoms with Gasteiger partial charge in [0.1, 0.15) is 18.3 Å². The Morgan fingerprint density at radius 1 is 1.14 bits per heavy atom. The van der Waals surface area contributed by atoms with E-state index in [-0.39, 0.29) is 34.5 Å². The Balaban J connectivity index is 1.29. The lowest BCUT2D eigenvalue weighted by atomic mass is 10.1. The van der Waals surface area contributed by atoms with Gasteiger partial charge in [-0.25, -0.2) is 17.4 Å². The largest absolute Gasteiger partial charge is 0.463 e. The second-order valence-electron chi connectivity index (χ2n) is 8.71. The van der Waals surface area contributed by atoms with Crippen LogP contribution in [-0.2, 0) is 21.2 Å². The maximum Gasteiger partial charge on any atom is 0.320 e. The first-order valence-electron chi connectivity index (χ1n) is 11.4. The standard InChI is InChI=1S/C23H26N6O7S/c1-13-2-4-15(5-3-13)37(33,34)28-8-6-14(10-28)7-9-35-23-26-20(24)17-21(27-23)29(12-25-17)22-19(32)18(31)16(11-30)36-22/h2-6,8,10,12,16,18-19,22,30-32H,7,9,11H2,1H3,(H2,24,26,27)/t16-,18-,19-,22-/m1/s1. The number of aliphatic hydroxyl groups excluding tert-OH is 3. The molecule has 0 aliphatic carbocycles. The summed E-state index contributed by atoms with van der Waals surface area (Å²) in [5.41, 5.74) is 8.17. The fourth-order valence-electron chi connectivity index (χ4n) is 4.09. The van der Waals surface area contributed by atoms with E-state index in [0.717, 1.165) is 15.1 Å². The fourth-order valence-corrected chi connectivity index (χ4v) is 5.31. The number of hydrogen-bond acceptors (Lipinski definition) is 11. The van der Waals surface area contributed by atoms with Crippen LogP contribution in [-0.4, -0.2) is 78.8 Å². The molecule has 5 rings (SSSR count). The van der Waals surface area contributed by atoms with Crippen molar-refractivity contribution in [3.63, 3.8) is 0 Å². The lowest BCUT2D eigenvalue weighted by molar-refractivity contribution is -0.0511. The molecule has 1 aliphatic rings. The SMILES string of the molecule is Cc1ccc(S(=O)(=O)n2ccc(CCOc3nc(N)c4ncn([C@@H]5O[C@H](CO)[C@@H](O)[C@H]5O)c4n3)c2)cc1. The highest BCUT2D eigenvalue weighted by Gasteiger charge is 2.44. The summed E-state index contributed by atoms with van der Waals surface area (Å²) < 4.78 is 39.5. The molecule has 1 aromatic carbocycles. The number of anilines is 1. The van der Waals surface area contributed by atoms with Crippen molar-refractivity contribution in [2.24, 2.45) is 0 Å². The van der Waals surface area contributed by atoms with Crippen molar-refractivity contribution in [2.45, 2.75) is 42.8 Å². The van der Waals surface area contributed by atoms with E-state index in [1.807, 2.05) is 6.92 Å². The molecule has 0 amide bonds. The van der Waals surface area contributed by atoms with E-state index in [9.17, 15) is 23.7 Å². The molecular weight excluding hydrogens is 504 g/mol. The van der Waals surface area contributed by atoms with Crippen LogP contribution in [0, 0.1) is 6.92 Å². The smallest absolute Gasteiger partial charge is 0.320 e. The van der Waals surface area contributed by atoms with E-state index in [4.69, 9.17) is 15.2 Å². The fraction of sp³-hybridized carbons (Fsp3) is 0.348. The molecule has 4 aromatic rings. The number of aromatic nitrogens is 5. The van der Waals surface area contributed by atoms with Gasteiger partial charge in [-0.3, -0.25) is 4.57 Å². The zero-order chi connectivity index (χ0) is 26.3. The third-order valence-electron chi connectivity index (χ3n) is 6.17. The topological polar surface area (TPSA) is 188 Å². The maximum atomic E-state index is 12.8. The van der Waals surface area contributed by atoms with Crippen LogP contribution >= 0.6 is 0 Å². The summed E-state index contributed by atoms with van der Waals surface area (Å²) in [6, 6.07) is 8.25. The number of nitrogens with zero attached hydrogens (tertiary/aromatic N) is 5. The number of benzene rings is 1. The monoisotopic (exact) mass is 530 g/mol. The van der Waals surface area contributed by atoms with Gasteiger partial charge >= 0.3 is 6.01 Å². The Hall–Kier alpha value is -3.56. The van der Waals surface area contributed by atoms with E-state index in [1.54, 1.807) is 30.3 Å². The summed E-state index contributed by atoms with van der Waals surface area (Å²) in [5, 5.41) is 29.8. The molecule has 0 unspecified atom stereocenters. The van der Waals surface area contributed by atoms with Crippen LogP contribution in [0.1, 0.15) is 17.4 Å². The van der Waals surface area contributed by atoms with Crippen LogP contribution in [0.2, 0.25) is 0 Å². The van der Waals surface area contributed by atoms with E-state index in [2.05, 4.69) is 15.0 Å². The number of rotatable bonds is 8. The quantitative estimate of drug-likeness (QED) is 0.240. The van der Waals surface area contributed by atoms with Crippen molar-refractivity contribution >= 4 is 27.0 Å². The molecule has 1 saturated heterocycles. The average Bonchev–Trinajstić information content (AvgIpc) is 3.58. The lowest BCUT2D eigenvalue weighted by Gasteiger charge is -2.16. The number of hydrogen-bond donors (Lipinski definition) is 4. The predicted molar refractivity (Wildman–Crippen MR) is 130 cm³/mol. The van der Waals surface area contributed by atoms with Crippen LogP contribution in [0.4, 0.5) is 5.82 Å². The summed E-state index contributed by atoms with van der Waals surface area (Å²) in [7, 11) is -3.70. The minimum absolute atomic E-state index is 0.0424. The lowest BCUT2D eigenvalue weighted by Crippen LogP contribution is -2.33. The van der Waals surface area contributed by atoms with Gasteiger partial charge < -0.3 is 30.5 Å². The number of fused-ring (bicyclic) bond motifs is 1. The number of nitrogen functional groups attached to an aromatic ring is 1. The molecule has 5 N–H and O–H groups in total. The van der Waals surface area contributed by atoms with Crippen LogP contribution in [0.15, 0.2) is 53.9 Å². The Bertz CT molecular complexity index is 1520. The third-order valence-corrected chi connectivity index (χ3v) is 7.82. The summed E-state index contributed by atoms with van der Waals surface area (Å²) in [6.07, 6.45) is 0.0881. The summed E-state index contributed by atoms with van der Waals surface area (Å²) in [4.78, 5) is 12.8. The minimum atomic E-state index is -3.70. The van der Waals surface area contributed by atoms with Gasteiger partial charge in [-0.15, -0.1) is 0 Å². The molecule has 0 saturated carbocycles. The normalized spacial score (nSPS) is 22.1. The Morgan fingerprint density at radius 3 is 2.59 bits per heavy atom. The van der Waals surface area contributed by atoms with Gasteiger partial charge in [-0.1, -0.05) is 17.7 Å². The van der Waals surface area contributed by atoms with Crippen molar-refractivity contribution in [1.29, 1.82) is 0 Å². The summed E-state index contributed by atoms with van der Waals surface area (Å²) in [6.45, 7) is 1.54. The first-order chi connectivity index (χ1) is 17.7. The molecule has 0 radical (unpaired) electrons. The Kier molecular flexibility index (Phi) is 6.59. The zero-order valence-electron chi connectivity index (χ0n) is 19.7. The molecule has 37 heavy (non-hydrogen) atoms. The molecule has 0 spiro atoms. The van der Waals surface area contributed by atoms with Crippen molar-refractivity contribution in [2.75, 3.05) is 18.9 Å². The van der Waals surface area contributed by atoms with Gasteiger partial charge in [0, 0.05) is 18.8 Å². The second kappa shape index (κ2) is 9.72. The molecule has 1 aliphatic heterocycles. The number of nitrogens with two attached hydrogens (primary N) is 1. The van der Waals surface area contributed by atoms with Crippen LogP contribution < -0.4 is 10.5 Å². The Labute approximate surface area is 211 Å². The van der Waals surface area contributed by atoms with Gasteiger partial charge in [0.15, 0.2) is 23.2 Å².